The number of nitrogens with two attached hydrogens (primary N) is 1. The van der Waals surface area contributed by atoms with Crippen molar-refractivity contribution >= 4 is 17.2 Å². The molecule has 0 atom stereocenters. The van der Waals surface area contributed by atoms with Crippen LogP contribution in [-0.4, -0.2) is 20.1 Å². The van der Waals surface area contributed by atoms with E-state index in [4.69, 9.17) is 17.3 Å². The van der Waals surface area contributed by atoms with Crippen molar-refractivity contribution in [1.82, 2.24) is 14.6 Å². The maximum atomic E-state index is 12.9. The molecule has 1 aliphatic rings. The summed E-state index contributed by atoms with van der Waals surface area (Å²) >= 11 is 5.88. The van der Waals surface area contributed by atoms with Crippen molar-refractivity contribution in [3.63, 3.8) is 0 Å². The SMILES string of the molecule is NC1(Cc2nnc3c(Cl)cc(C(F)(F)F)cn23)CCCC1. The molecule has 2 aromatic rings. The topological polar surface area (TPSA) is 56.2 Å². The van der Waals surface area contributed by atoms with Gasteiger partial charge in [-0.3, -0.25) is 4.40 Å². The molecule has 0 unspecified atom stereocenters. The van der Waals surface area contributed by atoms with Gasteiger partial charge in [0, 0.05) is 18.2 Å². The van der Waals surface area contributed by atoms with Crippen LogP contribution in [0.15, 0.2) is 12.3 Å². The third-order valence-electron chi connectivity index (χ3n) is 3.97. The van der Waals surface area contributed by atoms with Gasteiger partial charge < -0.3 is 5.73 Å². The maximum absolute atomic E-state index is 12.9. The van der Waals surface area contributed by atoms with Crippen LogP contribution in [0.2, 0.25) is 5.02 Å². The van der Waals surface area contributed by atoms with E-state index in [1.807, 2.05) is 0 Å². The van der Waals surface area contributed by atoms with Gasteiger partial charge in [-0.25, -0.2) is 0 Å². The summed E-state index contributed by atoms with van der Waals surface area (Å²) in [6, 6.07) is 0.864. The van der Waals surface area contributed by atoms with Crippen LogP contribution in [0.3, 0.4) is 0 Å². The highest BCUT2D eigenvalue weighted by molar-refractivity contribution is 6.33. The molecule has 4 nitrogen and oxygen atoms in total. The minimum absolute atomic E-state index is 0.0685. The second-order valence-electron chi connectivity index (χ2n) is 5.63. The second kappa shape index (κ2) is 4.84. The van der Waals surface area contributed by atoms with Crippen LogP contribution in [0.4, 0.5) is 13.2 Å². The van der Waals surface area contributed by atoms with E-state index in [2.05, 4.69) is 10.2 Å². The predicted molar refractivity (Wildman–Crippen MR) is 72.1 cm³/mol. The van der Waals surface area contributed by atoms with Crippen molar-refractivity contribution in [1.29, 1.82) is 0 Å². The molecule has 0 aromatic carbocycles. The lowest BCUT2D eigenvalue weighted by atomic mass is 9.94. The van der Waals surface area contributed by atoms with E-state index < -0.39 is 17.3 Å². The summed E-state index contributed by atoms with van der Waals surface area (Å²) in [5.74, 6) is 0.419. The molecular weight excluding hydrogens is 305 g/mol. The summed E-state index contributed by atoms with van der Waals surface area (Å²) in [5.41, 5.74) is 5.26. The number of rotatable bonds is 2. The molecular formula is C13H14ClF3N4. The minimum Gasteiger partial charge on any atom is -0.325 e. The van der Waals surface area contributed by atoms with Gasteiger partial charge >= 0.3 is 6.18 Å². The summed E-state index contributed by atoms with van der Waals surface area (Å²) in [6.07, 6.45) is 0.653. The third-order valence-corrected chi connectivity index (χ3v) is 4.25. The van der Waals surface area contributed by atoms with E-state index >= 15 is 0 Å². The Balaban J connectivity index is 2.05. The zero-order valence-corrected chi connectivity index (χ0v) is 11.9. The molecule has 0 saturated heterocycles. The molecule has 0 radical (unpaired) electrons. The quantitative estimate of drug-likeness (QED) is 0.925. The largest absolute Gasteiger partial charge is 0.417 e. The van der Waals surface area contributed by atoms with Gasteiger partial charge in [-0.2, -0.15) is 13.2 Å². The first-order valence-electron chi connectivity index (χ1n) is 6.68. The summed E-state index contributed by atoms with van der Waals surface area (Å²) in [6.45, 7) is 0. The van der Waals surface area contributed by atoms with E-state index in [0.29, 0.717) is 12.2 Å². The molecule has 1 saturated carbocycles. The van der Waals surface area contributed by atoms with E-state index in [0.717, 1.165) is 37.9 Å². The van der Waals surface area contributed by atoms with Gasteiger partial charge in [0.1, 0.15) is 5.82 Å². The molecule has 1 fully saturated rings. The Labute approximate surface area is 124 Å². The van der Waals surface area contributed by atoms with E-state index in [9.17, 15) is 13.2 Å². The average molecular weight is 319 g/mol. The third kappa shape index (κ3) is 2.72. The lowest BCUT2D eigenvalue weighted by Crippen LogP contribution is -2.39. The lowest BCUT2D eigenvalue weighted by molar-refractivity contribution is -0.137. The van der Waals surface area contributed by atoms with Gasteiger partial charge in [0.05, 0.1) is 10.6 Å². The average Bonchev–Trinajstić information content (AvgIpc) is 2.97. The molecule has 2 heterocycles. The Morgan fingerprint density at radius 3 is 2.57 bits per heavy atom. The van der Waals surface area contributed by atoms with Crippen molar-refractivity contribution in [2.75, 3.05) is 0 Å². The first-order chi connectivity index (χ1) is 9.78. The fourth-order valence-electron chi connectivity index (χ4n) is 2.85. The molecule has 114 valence electrons. The number of fused-ring (bicyclic) bond motifs is 1. The van der Waals surface area contributed by atoms with Crippen molar-refractivity contribution in [3.8, 4) is 0 Å². The number of halogens is 4. The van der Waals surface area contributed by atoms with Gasteiger partial charge in [0.2, 0.25) is 0 Å². The predicted octanol–water partition coefficient (Wildman–Crippen LogP) is 3.22. The van der Waals surface area contributed by atoms with Crippen molar-refractivity contribution in [2.45, 2.75) is 43.8 Å². The Kier molecular flexibility index (Phi) is 3.37. The first kappa shape index (κ1) is 14.6. The zero-order chi connectivity index (χ0) is 15.3. The molecule has 0 aliphatic heterocycles. The van der Waals surface area contributed by atoms with Crippen molar-refractivity contribution < 1.29 is 13.2 Å². The van der Waals surface area contributed by atoms with E-state index in [1.54, 1.807) is 0 Å². The fraction of sp³-hybridized carbons (Fsp3) is 0.538. The number of aromatic nitrogens is 3. The van der Waals surface area contributed by atoms with Crippen LogP contribution in [0.5, 0.6) is 0 Å². The molecule has 2 N–H and O–H groups in total. The molecule has 2 aromatic heterocycles. The van der Waals surface area contributed by atoms with E-state index in [-0.39, 0.29) is 10.7 Å². The van der Waals surface area contributed by atoms with Crippen LogP contribution in [0, 0.1) is 0 Å². The molecule has 21 heavy (non-hydrogen) atoms. The molecule has 0 spiro atoms. The zero-order valence-electron chi connectivity index (χ0n) is 11.1. The maximum Gasteiger partial charge on any atom is 0.417 e. The summed E-state index contributed by atoms with van der Waals surface area (Å²) in [5, 5.41) is 7.77. The van der Waals surface area contributed by atoms with Gasteiger partial charge in [0.15, 0.2) is 5.65 Å². The van der Waals surface area contributed by atoms with Crippen LogP contribution < -0.4 is 5.73 Å². The molecule has 1 aliphatic carbocycles. The molecule has 3 rings (SSSR count). The fourth-order valence-corrected chi connectivity index (χ4v) is 3.09. The molecule has 0 bridgehead atoms. The van der Waals surface area contributed by atoms with Gasteiger partial charge in [-0.05, 0) is 18.9 Å². The number of pyridine rings is 1. The van der Waals surface area contributed by atoms with Crippen LogP contribution in [0.1, 0.15) is 37.1 Å². The van der Waals surface area contributed by atoms with Gasteiger partial charge in [-0.15, -0.1) is 10.2 Å². The van der Waals surface area contributed by atoms with Crippen molar-refractivity contribution in [2.24, 2.45) is 5.73 Å². The van der Waals surface area contributed by atoms with Gasteiger partial charge in [-0.1, -0.05) is 24.4 Å². The Morgan fingerprint density at radius 2 is 1.95 bits per heavy atom. The number of hydrogen-bond acceptors (Lipinski definition) is 3. The molecule has 8 heteroatoms. The first-order valence-corrected chi connectivity index (χ1v) is 7.06. The minimum atomic E-state index is -4.47. The molecule has 0 amide bonds. The smallest absolute Gasteiger partial charge is 0.325 e. The number of alkyl halides is 3. The highest BCUT2D eigenvalue weighted by Crippen LogP contribution is 2.34. The summed E-state index contributed by atoms with van der Waals surface area (Å²) in [7, 11) is 0. The summed E-state index contributed by atoms with van der Waals surface area (Å²) < 4.78 is 39.9. The van der Waals surface area contributed by atoms with Crippen molar-refractivity contribution in [3.05, 3.63) is 28.7 Å². The Morgan fingerprint density at radius 1 is 1.29 bits per heavy atom. The summed E-state index contributed by atoms with van der Waals surface area (Å²) in [4.78, 5) is 0. The lowest BCUT2D eigenvalue weighted by Gasteiger charge is -2.22. The number of hydrogen-bond donors (Lipinski definition) is 1. The normalized spacial score (nSPS) is 18.5. The Hall–Kier alpha value is -1.34. The van der Waals surface area contributed by atoms with Crippen LogP contribution in [0.25, 0.3) is 5.65 Å². The van der Waals surface area contributed by atoms with Crippen LogP contribution in [-0.2, 0) is 12.6 Å². The van der Waals surface area contributed by atoms with Crippen LogP contribution >= 0.6 is 11.6 Å². The monoisotopic (exact) mass is 318 g/mol. The Bertz CT molecular complexity index is 674. The van der Waals surface area contributed by atoms with Gasteiger partial charge in [0.25, 0.3) is 0 Å². The second-order valence-corrected chi connectivity index (χ2v) is 6.04. The van der Waals surface area contributed by atoms with E-state index in [1.165, 1.54) is 4.40 Å². The highest BCUT2D eigenvalue weighted by atomic mass is 35.5. The standard InChI is InChI=1S/C13H14ClF3N4/c14-9-5-8(13(15,16)17)7-21-10(19-20-11(9)21)6-12(18)3-1-2-4-12/h5,7H,1-4,6,18H2. The number of nitrogens with zero attached hydrogens (tertiary/aromatic N) is 3. The highest BCUT2D eigenvalue weighted by Gasteiger charge is 2.34.